The van der Waals surface area contributed by atoms with Crippen LogP contribution in [0, 0.1) is 13.8 Å². The lowest BCUT2D eigenvalue weighted by Gasteiger charge is -2.10. The van der Waals surface area contributed by atoms with Gasteiger partial charge in [-0.05, 0) is 56.2 Å². The third-order valence-corrected chi connectivity index (χ3v) is 4.69. The van der Waals surface area contributed by atoms with Crippen LogP contribution in [-0.4, -0.2) is 14.2 Å². The number of hydrogen-bond donors (Lipinski definition) is 1. The first-order chi connectivity index (χ1) is 9.79. The lowest BCUT2D eigenvalue weighted by atomic mass is 10.1. The summed E-state index contributed by atoms with van der Waals surface area (Å²) in [7, 11) is -3.66. The summed E-state index contributed by atoms with van der Waals surface area (Å²) in [6.45, 7) is 5.23. The molecule has 0 amide bonds. The van der Waals surface area contributed by atoms with E-state index in [-0.39, 0.29) is 10.7 Å². The molecule has 0 fully saturated rings. The average molecular weight is 303 g/mol. The number of rotatable bonds is 4. The minimum atomic E-state index is -3.66. The van der Waals surface area contributed by atoms with Crippen molar-refractivity contribution >= 4 is 21.5 Å². The number of benzene rings is 2. The lowest BCUT2D eigenvalue weighted by Crippen LogP contribution is -2.13. The maximum absolute atomic E-state index is 12.4. The van der Waals surface area contributed by atoms with E-state index in [0.717, 1.165) is 11.1 Å². The van der Waals surface area contributed by atoms with Gasteiger partial charge in [0.15, 0.2) is 5.78 Å². The Balaban J connectivity index is 2.35. The van der Waals surface area contributed by atoms with Crippen molar-refractivity contribution in [1.29, 1.82) is 0 Å². The fourth-order valence-electron chi connectivity index (χ4n) is 1.90. The Kier molecular flexibility index (Phi) is 4.14. The first-order valence-corrected chi connectivity index (χ1v) is 7.99. The topological polar surface area (TPSA) is 63.2 Å². The van der Waals surface area contributed by atoms with Gasteiger partial charge in [0, 0.05) is 11.3 Å². The summed E-state index contributed by atoms with van der Waals surface area (Å²) in [5, 5.41) is 0. The molecule has 21 heavy (non-hydrogen) atoms. The van der Waals surface area contributed by atoms with E-state index in [2.05, 4.69) is 4.72 Å². The number of anilines is 1. The van der Waals surface area contributed by atoms with Gasteiger partial charge in [0.05, 0.1) is 4.90 Å². The number of sulfonamides is 1. The highest BCUT2D eigenvalue weighted by Gasteiger charge is 2.15. The molecule has 0 heterocycles. The number of nitrogens with one attached hydrogen (secondary N) is 1. The van der Waals surface area contributed by atoms with Crippen molar-refractivity contribution in [2.24, 2.45) is 0 Å². The molecule has 0 aliphatic rings. The standard InChI is InChI=1S/C16H17NO3S/c1-11-7-8-16(9-12(11)2)21(19,20)17-15-6-4-5-14(10-15)13(3)18/h4-10,17H,1-3H3. The predicted octanol–water partition coefficient (Wildman–Crippen LogP) is 3.31. The number of aryl methyl sites for hydroxylation is 2. The molecular weight excluding hydrogens is 286 g/mol. The van der Waals surface area contributed by atoms with Crippen molar-refractivity contribution in [3.8, 4) is 0 Å². The summed E-state index contributed by atoms with van der Waals surface area (Å²) in [6.07, 6.45) is 0. The summed E-state index contributed by atoms with van der Waals surface area (Å²) in [4.78, 5) is 11.5. The van der Waals surface area contributed by atoms with Crippen LogP contribution < -0.4 is 4.72 Å². The molecule has 0 saturated carbocycles. The van der Waals surface area contributed by atoms with Crippen LogP contribution in [0.15, 0.2) is 47.4 Å². The van der Waals surface area contributed by atoms with E-state index in [0.29, 0.717) is 11.3 Å². The van der Waals surface area contributed by atoms with Crippen LogP contribution in [0.3, 0.4) is 0 Å². The van der Waals surface area contributed by atoms with E-state index < -0.39 is 10.0 Å². The zero-order chi connectivity index (χ0) is 15.6. The molecule has 4 nitrogen and oxygen atoms in total. The molecule has 0 radical (unpaired) electrons. The number of ketones is 1. The largest absolute Gasteiger partial charge is 0.295 e. The van der Waals surface area contributed by atoms with Crippen molar-refractivity contribution in [2.45, 2.75) is 25.7 Å². The van der Waals surface area contributed by atoms with Gasteiger partial charge < -0.3 is 0 Å². The SMILES string of the molecule is CC(=O)c1cccc(NS(=O)(=O)c2ccc(C)c(C)c2)c1. The second-order valence-corrected chi connectivity index (χ2v) is 6.67. The summed E-state index contributed by atoms with van der Waals surface area (Å²) in [6, 6.07) is 11.4. The normalized spacial score (nSPS) is 11.2. The summed E-state index contributed by atoms with van der Waals surface area (Å²) in [5.41, 5.74) is 2.79. The minimum absolute atomic E-state index is 0.109. The van der Waals surface area contributed by atoms with Crippen LogP contribution in [0.4, 0.5) is 5.69 Å². The van der Waals surface area contributed by atoms with Gasteiger partial charge in [0.1, 0.15) is 0 Å². The number of carbonyl (C=O) groups excluding carboxylic acids is 1. The van der Waals surface area contributed by atoms with Gasteiger partial charge in [-0.25, -0.2) is 8.42 Å². The molecule has 0 saturated heterocycles. The lowest BCUT2D eigenvalue weighted by molar-refractivity contribution is 0.101. The highest BCUT2D eigenvalue weighted by Crippen LogP contribution is 2.19. The molecule has 0 spiro atoms. The Morgan fingerprint density at radius 3 is 2.33 bits per heavy atom. The van der Waals surface area contributed by atoms with Gasteiger partial charge in [-0.2, -0.15) is 0 Å². The number of hydrogen-bond acceptors (Lipinski definition) is 3. The Bertz CT molecular complexity index is 795. The Labute approximate surface area is 124 Å². The maximum atomic E-state index is 12.4. The molecule has 2 rings (SSSR count). The molecule has 5 heteroatoms. The molecule has 0 unspecified atom stereocenters. The summed E-state index contributed by atoms with van der Waals surface area (Å²) < 4.78 is 27.2. The molecule has 0 aliphatic carbocycles. The molecular formula is C16H17NO3S. The second kappa shape index (κ2) is 5.69. The Hall–Kier alpha value is -2.14. The smallest absolute Gasteiger partial charge is 0.261 e. The molecule has 0 atom stereocenters. The third kappa shape index (κ3) is 3.49. The van der Waals surface area contributed by atoms with Gasteiger partial charge in [-0.1, -0.05) is 18.2 Å². The second-order valence-electron chi connectivity index (χ2n) is 4.99. The van der Waals surface area contributed by atoms with Crippen LogP contribution >= 0.6 is 0 Å². The zero-order valence-electron chi connectivity index (χ0n) is 12.2. The zero-order valence-corrected chi connectivity index (χ0v) is 13.0. The summed E-state index contributed by atoms with van der Waals surface area (Å²) >= 11 is 0. The van der Waals surface area contributed by atoms with Crippen LogP contribution in [0.1, 0.15) is 28.4 Å². The molecule has 110 valence electrons. The van der Waals surface area contributed by atoms with E-state index in [1.165, 1.54) is 13.0 Å². The van der Waals surface area contributed by atoms with Crippen LogP contribution in [-0.2, 0) is 10.0 Å². The summed E-state index contributed by atoms with van der Waals surface area (Å²) in [5.74, 6) is -0.109. The molecule has 1 N–H and O–H groups in total. The highest BCUT2D eigenvalue weighted by atomic mass is 32.2. The van der Waals surface area contributed by atoms with Gasteiger partial charge in [-0.15, -0.1) is 0 Å². The van der Waals surface area contributed by atoms with Crippen molar-refractivity contribution < 1.29 is 13.2 Å². The highest BCUT2D eigenvalue weighted by molar-refractivity contribution is 7.92. The molecule has 0 bridgehead atoms. The van der Waals surface area contributed by atoms with E-state index in [9.17, 15) is 13.2 Å². The fourth-order valence-corrected chi connectivity index (χ4v) is 3.03. The van der Waals surface area contributed by atoms with Crippen LogP contribution in [0.25, 0.3) is 0 Å². The van der Waals surface area contributed by atoms with E-state index >= 15 is 0 Å². The monoisotopic (exact) mass is 303 g/mol. The first kappa shape index (κ1) is 15.3. The predicted molar refractivity (Wildman–Crippen MR) is 83.2 cm³/mol. The molecule has 0 aromatic heterocycles. The van der Waals surface area contributed by atoms with Crippen molar-refractivity contribution in [1.82, 2.24) is 0 Å². The van der Waals surface area contributed by atoms with Gasteiger partial charge >= 0.3 is 0 Å². The fraction of sp³-hybridized carbons (Fsp3) is 0.188. The minimum Gasteiger partial charge on any atom is -0.295 e. The molecule has 2 aromatic rings. The van der Waals surface area contributed by atoms with E-state index in [1.54, 1.807) is 36.4 Å². The number of Topliss-reactive ketones (excluding diaryl/α,β-unsaturated/α-hetero) is 1. The van der Waals surface area contributed by atoms with Crippen molar-refractivity contribution in [3.05, 3.63) is 59.2 Å². The van der Waals surface area contributed by atoms with Crippen LogP contribution in [0.5, 0.6) is 0 Å². The molecule has 0 aliphatic heterocycles. The van der Waals surface area contributed by atoms with Gasteiger partial charge in [-0.3, -0.25) is 9.52 Å². The molecule has 2 aromatic carbocycles. The number of carbonyl (C=O) groups is 1. The first-order valence-electron chi connectivity index (χ1n) is 6.51. The maximum Gasteiger partial charge on any atom is 0.261 e. The average Bonchev–Trinajstić information content (AvgIpc) is 2.41. The van der Waals surface area contributed by atoms with Gasteiger partial charge in [0.2, 0.25) is 0 Å². The van der Waals surface area contributed by atoms with Crippen molar-refractivity contribution in [3.63, 3.8) is 0 Å². The van der Waals surface area contributed by atoms with Crippen molar-refractivity contribution in [2.75, 3.05) is 4.72 Å². The quantitative estimate of drug-likeness (QED) is 0.881. The Morgan fingerprint density at radius 2 is 1.71 bits per heavy atom. The van der Waals surface area contributed by atoms with Crippen LogP contribution in [0.2, 0.25) is 0 Å². The Morgan fingerprint density at radius 1 is 1.00 bits per heavy atom. The van der Waals surface area contributed by atoms with Gasteiger partial charge in [0.25, 0.3) is 10.0 Å². The van der Waals surface area contributed by atoms with E-state index in [1.807, 2.05) is 13.8 Å². The van der Waals surface area contributed by atoms with E-state index in [4.69, 9.17) is 0 Å². The third-order valence-electron chi connectivity index (χ3n) is 3.31.